The van der Waals surface area contributed by atoms with Crippen LogP contribution < -0.4 is 14.4 Å². The molecule has 3 rings (SSSR count). The van der Waals surface area contributed by atoms with E-state index in [4.69, 9.17) is 4.74 Å². The number of rotatable bonds is 5. The van der Waals surface area contributed by atoms with E-state index < -0.39 is 10.0 Å². The van der Waals surface area contributed by atoms with Crippen molar-refractivity contribution in [1.29, 1.82) is 0 Å². The Labute approximate surface area is 141 Å². The molecule has 0 bridgehead atoms. The van der Waals surface area contributed by atoms with Crippen LogP contribution in [0.3, 0.4) is 0 Å². The zero-order valence-electron chi connectivity index (χ0n) is 13.6. The number of hydrogen-bond acceptors (Lipinski definition) is 6. The second kappa shape index (κ2) is 6.74. The Hall–Kier alpha value is -2.19. The second-order valence-corrected chi connectivity index (χ2v) is 7.47. The van der Waals surface area contributed by atoms with E-state index in [1.165, 1.54) is 0 Å². The van der Waals surface area contributed by atoms with Crippen molar-refractivity contribution < 1.29 is 13.2 Å². The van der Waals surface area contributed by atoms with Crippen molar-refractivity contribution in [2.24, 2.45) is 0 Å². The molecule has 24 heavy (non-hydrogen) atoms. The summed E-state index contributed by atoms with van der Waals surface area (Å²) in [5, 5.41) is 0. The minimum absolute atomic E-state index is 0.178. The Morgan fingerprint density at radius 2 is 1.92 bits per heavy atom. The van der Waals surface area contributed by atoms with Crippen LogP contribution in [0.4, 0.5) is 5.82 Å². The SMILES string of the molecule is COc1nccnc1N1CCC(NS(=O)(=O)c2ccc(C)cc2)C1. The predicted molar refractivity (Wildman–Crippen MR) is 90.7 cm³/mol. The molecule has 128 valence electrons. The Kier molecular flexibility index (Phi) is 4.68. The second-order valence-electron chi connectivity index (χ2n) is 5.76. The van der Waals surface area contributed by atoms with Crippen molar-refractivity contribution in [3.8, 4) is 5.88 Å². The monoisotopic (exact) mass is 348 g/mol. The number of ether oxygens (including phenoxy) is 1. The fraction of sp³-hybridized carbons (Fsp3) is 0.375. The van der Waals surface area contributed by atoms with Gasteiger partial charge >= 0.3 is 0 Å². The normalized spacial score (nSPS) is 17.9. The van der Waals surface area contributed by atoms with Crippen molar-refractivity contribution in [1.82, 2.24) is 14.7 Å². The van der Waals surface area contributed by atoms with Crippen molar-refractivity contribution in [3.05, 3.63) is 42.2 Å². The Bertz CT molecular complexity index is 808. The molecular formula is C16H20N4O3S. The summed E-state index contributed by atoms with van der Waals surface area (Å²) in [5.41, 5.74) is 1.02. The molecule has 0 spiro atoms. The van der Waals surface area contributed by atoms with Crippen LogP contribution in [-0.4, -0.2) is 44.6 Å². The lowest BCUT2D eigenvalue weighted by molar-refractivity contribution is 0.396. The van der Waals surface area contributed by atoms with Crippen LogP contribution in [0, 0.1) is 6.92 Å². The number of benzene rings is 1. The van der Waals surface area contributed by atoms with Crippen molar-refractivity contribution in [2.75, 3.05) is 25.1 Å². The lowest BCUT2D eigenvalue weighted by Gasteiger charge is -2.19. The molecule has 2 aromatic rings. The molecule has 1 aliphatic rings. The number of nitrogens with one attached hydrogen (secondary N) is 1. The first-order chi connectivity index (χ1) is 11.5. The highest BCUT2D eigenvalue weighted by atomic mass is 32.2. The molecule has 1 unspecified atom stereocenters. The van der Waals surface area contributed by atoms with Crippen LogP contribution in [0.5, 0.6) is 5.88 Å². The van der Waals surface area contributed by atoms with E-state index >= 15 is 0 Å². The summed E-state index contributed by atoms with van der Waals surface area (Å²) >= 11 is 0. The standard InChI is InChI=1S/C16H20N4O3S/c1-12-3-5-14(6-4-12)24(21,22)19-13-7-10-20(11-13)15-16(23-2)18-9-8-17-15/h3-6,8-9,13,19H,7,10-11H2,1-2H3. The van der Waals surface area contributed by atoms with Gasteiger partial charge in [0, 0.05) is 31.5 Å². The third-order valence-electron chi connectivity index (χ3n) is 3.98. The van der Waals surface area contributed by atoms with Gasteiger partial charge in [-0.25, -0.2) is 23.1 Å². The van der Waals surface area contributed by atoms with Gasteiger partial charge in [-0.3, -0.25) is 0 Å². The van der Waals surface area contributed by atoms with Crippen LogP contribution in [0.2, 0.25) is 0 Å². The molecule has 1 N–H and O–H groups in total. The van der Waals surface area contributed by atoms with Crippen LogP contribution in [-0.2, 0) is 10.0 Å². The summed E-state index contributed by atoms with van der Waals surface area (Å²) in [4.78, 5) is 10.7. The van der Waals surface area contributed by atoms with Crippen molar-refractivity contribution >= 4 is 15.8 Å². The minimum atomic E-state index is -3.53. The number of methoxy groups -OCH3 is 1. The van der Waals surface area contributed by atoms with Crippen LogP contribution >= 0.6 is 0 Å². The summed E-state index contributed by atoms with van der Waals surface area (Å²) in [7, 11) is -1.98. The van der Waals surface area contributed by atoms with Gasteiger partial charge in [0.05, 0.1) is 12.0 Å². The molecule has 2 heterocycles. The highest BCUT2D eigenvalue weighted by Gasteiger charge is 2.29. The number of nitrogens with zero attached hydrogens (tertiary/aromatic N) is 3. The number of aromatic nitrogens is 2. The molecular weight excluding hydrogens is 328 g/mol. The smallest absolute Gasteiger partial charge is 0.257 e. The zero-order chi connectivity index (χ0) is 17.2. The highest BCUT2D eigenvalue weighted by molar-refractivity contribution is 7.89. The molecule has 1 aromatic carbocycles. The first kappa shape index (κ1) is 16.7. The maximum absolute atomic E-state index is 12.5. The van der Waals surface area contributed by atoms with Crippen LogP contribution in [0.25, 0.3) is 0 Å². The fourth-order valence-corrected chi connectivity index (χ4v) is 3.99. The van der Waals surface area contributed by atoms with Gasteiger partial charge in [-0.1, -0.05) is 17.7 Å². The Morgan fingerprint density at radius 1 is 1.21 bits per heavy atom. The quantitative estimate of drug-likeness (QED) is 0.878. The van der Waals surface area contributed by atoms with Gasteiger partial charge in [-0.05, 0) is 25.5 Å². The predicted octanol–water partition coefficient (Wildman–Crippen LogP) is 1.35. The third-order valence-corrected chi connectivity index (χ3v) is 5.52. The fourth-order valence-electron chi connectivity index (χ4n) is 2.73. The third kappa shape index (κ3) is 3.49. The average molecular weight is 348 g/mol. The van der Waals surface area contributed by atoms with Crippen molar-refractivity contribution in [3.63, 3.8) is 0 Å². The Balaban J connectivity index is 1.71. The maximum atomic E-state index is 12.5. The molecule has 0 saturated carbocycles. The summed E-state index contributed by atoms with van der Waals surface area (Å²) in [6, 6.07) is 6.65. The van der Waals surface area contributed by atoms with Gasteiger partial charge in [-0.2, -0.15) is 0 Å². The molecule has 7 nitrogen and oxygen atoms in total. The molecule has 8 heteroatoms. The number of aryl methyl sites for hydroxylation is 1. The number of sulfonamides is 1. The average Bonchev–Trinajstić information content (AvgIpc) is 3.02. The van der Waals surface area contributed by atoms with Gasteiger partial charge in [0.1, 0.15) is 0 Å². The van der Waals surface area contributed by atoms with Gasteiger partial charge in [0.15, 0.2) is 5.82 Å². The molecule has 0 amide bonds. The number of anilines is 1. The van der Waals surface area contributed by atoms with Gasteiger partial charge in [0.25, 0.3) is 5.88 Å². The zero-order valence-corrected chi connectivity index (χ0v) is 14.5. The molecule has 1 saturated heterocycles. The molecule has 1 aromatic heterocycles. The van der Waals surface area contributed by atoms with Gasteiger partial charge in [0.2, 0.25) is 10.0 Å². The van der Waals surface area contributed by atoms with Gasteiger partial charge in [-0.15, -0.1) is 0 Å². The van der Waals surface area contributed by atoms with Gasteiger partial charge < -0.3 is 9.64 Å². The lowest BCUT2D eigenvalue weighted by atomic mass is 10.2. The summed E-state index contributed by atoms with van der Waals surface area (Å²) < 4.78 is 33.0. The first-order valence-corrected chi connectivity index (χ1v) is 9.17. The molecule has 1 fully saturated rings. The summed E-state index contributed by atoms with van der Waals surface area (Å²) in [6.45, 7) is 3.14. The van der Waals surface area contributed by atoms with Crippen LogP contribution in [0.15, 0.2) is 41.6 Å². The van der Waals surface area contributed by atoms with E-state index in [0.29, 0.717) is 31.2 Å². The molecule has 0 aliphatic carbocycles. The number of hydrogen-bond donors (Lipinski definition) is 1. The van der Waals surface area contributed by atoms with E-state index in [1.54, 1.807) is 43.8 Å². The molecule has 1 atom stereocenters. The van der Waals surface area contributed by atoms with E-state index in [-0.39, 0.29) is 10.9 Å². The van der Waals surface area contributed by atoms with E-state index in [1.807, 2.05) is 11.8 Å². The highest BCUT2D eigenvalue weighted by Crippen LogP contribution is 2.26. The summed E-state index contributed by atoms with van der Waals surface area (Å²) in [6.07, 6.45) is 3.86. The largest absolute Gasteiger partial charge is 0.478 e. The molecule has 0 radical (unpaired) electrons. The summed E-state index contributed by atoms with van der Waals surface area (Å²) in [5.74, 6) is 1.08. The van der Waals surface area contributed by atoms with E-state index in [2.05, 4.69) is 14.7 Å². The van der Waals surface area contributed by atoms with E-state index in [0.717, 1.165) is 5.56 Å². The topological polar surface area (TPSA) is 84.4 Å². The lowest BCUT2D eigenvalue weighted by Crippen LogP contribution is -2.37. The Morgan fingerprint density at radius 3 is 2.62 bits per heavy atom. The van der Waals surface area contributed by atoms with Crippen molar-refractivity contribution in [2.45, 2.75) is 24.3 Å². The van der Waals surface area contributed by atoms with E-state index in [9.17, 15) is 8.42 Å². The minimum Gasteiger partial charge on any atom is -0.478 e. The molecule has 1 aliphatic heterocycles. The maximum Gasteiger partial charge on any atom is 0.257 e. The first-order valence-electron chi connectivity index (χ1n) is 7.68. The van der Waals surface area contributed by atoms with Crippen LogP contribution in [0.1, 0.15) is 12.0 Å².